The molecule has 1 aliphatic heterocycles. The number of benzene rings is 3. The third-order valence-corrected chi connectivity index (χ3v) is 6.07. The number of imide groups is 1. The number of aryl methyl sites for hydroxylation is 1. The molecule has 1 aliphatic rings. The predicted molar refractivity (Wildman–Crippen MR) is 126 cm³/mol. The fourth-order valence-corrected chi connectivity index (χ4v) is 4.17. The second kappa shape index (κ2) is 9.92. The van der Waals surface area contributed by atoms with E-state index in [-0.39, 0.29) is 30.1 Å². The molecule has 2 amide bonds. The highest BCUT2D eigenvalue weighted by atomic mass is 32.2. The molecule has 33 heavy (non-hydrogen) atoms. The van der Waals surface area contributed by atoms with E-state index in [2.05, 4.69) is 0 Å². The number of rotatable bonds is 7. The first kappa shape index (κ1) is 22.6. The van der Waals surface area contributed by atoms with Crippen LogP contribution in [-0.4, -0.2) is 23.2 Å². The smallest absolute Gasteiger partial charge is 0.293 e. The van der Waals surface area contributed by atoms with Crippen molar-refractivity contribution in [1.82, 2.24) is 4.90 Å². The molecule has 0 unspecified atom stereocenters. The number of methoxy groups -OCH3 is 1. The van der Waals surface area contributed by atoms with Crippen LogP contribution in [0.25, 0.3) is 6.08 Å². The molecule has 3 aromatic carbocycles. The number of hydrogen-bond donors (Lipinski definition) is 0. The van der Waals surface area contributed by atoms with Gasteiger partial charge in [-0.3, -0.25) is 14.5 Å². The van der Waals surface area contributed by atoms with Crippen LogP contribution in [0.15, 0.2) is 71.6 Å². The predicted octanol–water partition coefficient (Wildman–Crippen LogP) is 5.96. The van der Waals surface area contributed by atoms with Crippen LogP contribution in [0.4, 0.5) is 9.18 Å². The zero-order chi connectivity index (χ0) is 23.4. The summed E-state index contributed by atoms with van der Waals surface area (Å²) in [5.74, 6) is 0.203. The monoisotopic (exact) mass is 463 g/mol. The Morgan fingerprint density at radius 1 is 1.00 bits per heavy atom. The maximum Gasteiger partial charge on any atom is 0.293 e. The maximum absolute atomic E-state index is 13.9. The molecule has 0 aliphatic carbocycles. The van der Waals surface area contributed by atoms with Gasteiger partial charge in [-0.2, -0.15) is 0 Å². The Hall–Kier alpha value is -3.58. The highest BCUT2D eigenvalue weighted by Gasteiger charge is 2.35. The minimum absolute atomic E-state index is 0.0273. The van der Waals surface area contributed by atoms with E-state index >= 15 is 0 Å². The average Bonchev–Trinajstić information content (AvgIpc) is 3.07. The van der Waals surface area contributed by atoms with Gasteiger partial charge in [-0.05, 0) is 54.1 Å². The molecule has 7 heteroatoms. The lowest BCUT2D eigenvalue weighted by Gasteiger charge is -2.13. The minimum Gasteiger partial charge on any atom is -0.493 e. The van der Waals surface area contributed by atoms with Gasteiger partial charge in [0, 0.05) is 5.56 Å². The lowest BCUT2D eigenvalue weighted by molar-refractivity contribution is -0.123. The molecule has 0 bridgehead atoms. The summed E-state index contributed by atoms with van der Waals surface area (Å²) in [7, 11) is 1.52. The van der Waals surface area contributed by atoms with Crippen LogP contribution < -0.4 is 9.47 Å². The molecule has 168 valence electrons. The van der Waals surface area contributed by atoms with Crippen LogP contribution in [-0.2, 0) is 17.9 Å². The number of ether oxygens (including phenoxy) is 2. The first-order valence-corrected chi connectivity index (χ1v) is 11.1. The van der Waals surface area contributed by atoms with E-state index in [4.69, 9.17) is 9.47 Å². The van der Waals surface area contributed by atoms with Crippen molar-refractivity contribution in [2.24, 2.45) is 0 Å². The summed E-state index contributed by atoms with van der Waals surface area (Å²) in [5, 5.41) is -0.309. The third kappa shape index (κ3) is 5.26. The lowest BCUT2D eigenvalue weighted by Crippen LogP contribution is -2.27. The topological polar surface area (TPSA) is 55.8 Å². The number of hydrogen-bond acceptors (Lipinski definition) is 5. The summed E-state index contributed by atoms with van der Waals surface area (Å²) in [5.41, 5.74) is 3.08. The van der Waals surface area contributed by atoms with Crippen LogP contribution in [0.1, 0.15) is 22.3 Å². The molecule has 5 nitrogen and oxygen atoms in total. The van der Waals surface area contributed by atoms with E-state index in [0.717, 1.165) is 22.9 Å². The van der Waals surface area contributed by atoms with E-state index in [0.29, 0.717) is 27.5 Å². The zero-order valence-electron chi connectivity index (χ0n) is 18.2. The Balaban J connectivity index is 1.52. The van der Waals surface area contributed by atoms with Crippen molar-refractivity contribution >= 4 is 29.0 Å². The molecule has 1 heterocycles. The largest absolute Gasteiger partial charge is 0.493 e. The molecule has 0 N–H and O–H groups in total. The Morgan fingerprint density at radius 2 is 1.76 bits per heavy atom. The molecule has 0 radical (unpaired) electrons. The molecule has 3 aromatic rings. The number of nitrogens with zero attached hydrogens (tertiary/aromatic N) is 1. The normalized spacial score (nSPS) is 14.8. The fraction of sp³-hybridized carbons (Fsp3) is 0.154. The number of thioether (sulfide) groups is 1. The van der Waals surface area contributed by atoms with Crippen molar-refractivity contribution in [2.45, 2.75) is 20.1 Å². The van der Waals surface area contributed by atoms with Gasteiger partial charge in [-0.1, -0.05) is 54.1 Å². The van der Waals surface area contributed by atoms with Crippen molar-refractivity contribution in [3.05, 3.63) is 99.7 Å². The molecule has 1 fully saturated rings. The summed E-state index contributed by atoms with van der Waals surface area (Å²) < 4.78 is 25.1. The molecular weight excluding hydrogens is 441 g/mol. The first-order chi connectivity index (χ1) is 15.9. The molecule has 4 rings (SSSR count). The second-order valence-corrected chi connectivity index (χ2v) is 8.54. The van der Waals surface area contributed by atoms with Crippen LogP contribution in [0.2, 0.25) is 0 Å². The average molecular weight is 464 g/mol. The Kier molecular flexibility index (Phi) is 6.79. The van der Waals surface area contributed by atoms with Crippen molar-refractivity contribution in [3.63, 3.8) is 0 Å². The molecule has 0 spiro atoms. The zero-order valence-corrected chi connectivity index (χ0v) is 19.0. The Bertz CT molecular complexity index is 1220. The third-order valence-electron chi connectivity index (χ3n) is 5.16. The lowest BCUT2D eigenvalue weighted by atomic mass is 10.1. The van der Waals surface area contributed by atoms with Gasteiger partial charge in [0.2, 0.25) is 0 Å². The van der Waals surface area contributed by atoms with Gasteiger partial charge in [0.15, 0.2) is 11.5 Å². The quantitative estimate of drug-likeness (QED) is 0.405. The van der Waals surface area contributed by atoms with E-state index < -0.39 is 0 Å². The summed E-state index contributed by atoms with van der Waals surface area (Å²) >= 11 is 0.904. The van der Waals surface area contributed by atoms with Crippen LogP contribution in [0, 0.1) is 12.7 Å². The molecule has 1 saturated heterocycles. The van der Waals surface area contributed by atoms with Crippen molar-refractivity contribution in [3.8, 4) is 11.5 Å². The van der Waals surface area contributed by atoms with Gasteiger partial charge in [-0.25, -0.2) is 4.39 Å². The molecule has 0 aromatic heterocycles. The number of amides is 2. The van der Waals surface area contributed by atoms with Gasteiger partial charge in [-0.15, -0.1) is 0 Å². The minimum atomic E-state index is -0.352. The summed E-state index contributed by atoms with van der Waals surface area (Å²) in [6.45, 7) is 2.23. The van der Waals surface area contributed by atoms with Gasteiger partial charge < -0.3 is 9.47 Å². The van der Waals surface area contributed by atoms with Crippen molar-refractivity contribution in [2.75, 3.05) is 7.11 Å². The van der Waals surface area contributed by atoms with Crippen LogP contribution in [0.5, 0.6) is 11.5 Å². The van der Waals surface area contributed by atoms with Crippen LogP contribution in [0.3, 0.4) is 0 Å². The van der Waals surface area contributed by atoms with Gasteiger partial charge in [0.25, 0.3) is 11.1 Å². The highest BCUT2D eigenvalue weighted by molar-refractivity contribution is 8.18. The number of halogens is 1. The summed E-state index contributed by atoms with van der Waals surface area (Å²) in [6.07, 6.45) is 1.65. The van der Waals surface area contributed by atoms with Gasteiger partial charge >= 0.3 is 0 Å². The van der Waals surface area contributed by atoms with Crippen molar-refractivity contribution in [1.29, 1.82) is 0 Å². The maximum atomic E-state index is 13.9. The first-order valence-electron chi connectivity index (χ1n) is 10.3. The second-order valence-electron chi connectivity index (χ2n) is 7.54. The van der Waals surface area contributed by atoms with Crippen molar-refractivity contribution < 1.29 is 23.5 Å². The van der Waals surface area contributed by atoms with Crippen LogP contribution >= 0.6 is 11.8 Å². The molecular formula is C26H22FNO4S. The summed E-state index contributed by atoms with van der Waals surface area (Å²) in [4.78, 5) is 26.9. The Labute approximate surface area is 195 Å². The molecule has 0 saturated carbocycles. The van der Waals surface area contributed by atoms with Gasteiger partial charge in [0.05, 0.1) is 18.6 Å². The van der Waals surface area contributed by atoms with E-state index in [1.165, 1.54) is 18.1 Å². The van der Waals surface area contributed by atoms with E-state index in [9.17, 15) is 14.0 Å². The summed E-state index contributed by atoms with van der Waals surface area (Å²) in [6, 6.07) is 19.3. The molecule has 0 atom stereocenters. The fourth-order valence-electron chi connectivity index (χ4n) is 3.33. The van der Waals surface area contributed by atoms with E-state index in [1.54, 1.807) is 42.5 Å². The van der Waals surface area contributed by atoms with E-state index in [1.807, 2.05) is 31.2 Å². The van der Waals surface area contributed by atoms with Gasteiger partial charge in [0.1, 0.15) is 12.4 Å². The standard InChI is InChI=1S/C26H22FNO4S/c1-17-7-9-18(10-8-17)15-28-25(29)24(33-26(28)30)14-19-11-12-22(31-2)23(13-19)32-16-20-5-3-4-6-21(20)27/h3-14H,15-16H2,1-2H3/b24-14-. The number of carbonyl (C=O) groups is 2. The Morgan fingerprint density at radius 3 is 2.48 bits per heavy atom. The SMILES string of the molecule is COc1ccc(/C=C2\SC(=O)N(Cc3ccc(C)cc3)C2=O)cc1OCc1ccccc1F. The number of carbonyl (C=O) groups excluding carboxylic acids is 2. The highest BCUT2D eigenvalue weighted by Crippen LogP contribution is 2.35.